The van der Waals surface area contributed by atoms with E-state index in [9.17, 15) is 19.8 Å². The Hall–Kier alpha value is -1.66. The van der Waals surface area contributed by atoms with Gasteiger partial charge in [-0.1, -0.05) is 366 Å². The summed E-state index contributed by atoms with van der Waals surface area (Å²) in [5.74, 6) is -0.0476. The number of nitrogens with one attached hydrogen (secondary N) is 1. The highest BCUT2D eigenvalue weighted by atomic mass is 16.5. The second-order valence-electron chi connectivity index (χ2n) is 24.9. The van der Waals surface area contributed by atoms with Gasteiger partial charge in [0.25, 0.3) is 0 Å². The maximum absolute atomic E-state index is 12.5. The van der Waals surface area contributed by atoms with E-state index in [2.05, 4.69) is 31.3 Å². The smallest absolute Gasteiger partial charge is 0.305 e. The van der Waals surface area contributed by atoms with Crippen LogP contribution < -0.4 is 5.32 Å². The molecule has 0 aromatic carbocycles. The van der Waals surface area contributed by atoms with Crippen molar-refractivity contribution in [3.05, 3.63) is 24.3 Å². The Morgan fingerprint density at radius 3 is 0.937 bits per heavy atom. The van der Waals surface area contributed by atoms with Gasteiger partial charge in [0, 0.05) is 12.8 Å². The predicted octanol–water partition coefficient (Wildman–Crippen LogP) is 23.3. The first-order valence-electron chi connectivity index (χ1n) is 36.1. The van der Waals surface area contributed by atoms with Crippen LogP contribution in [0, 0.1) is 0 Å². The third kappa shape index (κ3) is 65.4. The SMILES string of the molecule is CCCC/C=C\CCCCCCCC(=O)OCCCCCCCCCCCCCCCCCCCCCCCCCCCCCCCCCCCCCCCC(=O)NC(CO)C(O)/C=C/CCCCCCCCCCCCCC. The third-order valence-electron chi connectivity index (χ3n) is 17.0. The van der Waals surface area contributed by atoms with Crippen molar-refractivity contribution in [2.45, 2.75) is 418 Å². The first-order chi connectivity index (χ1) is 39.0. The topological polar surface area (TPSA) is 95.9 Å². The van der Waals surface area contributed by atoms with Gasteiger partial charge in [-0.05, 0) is 51.4 Å². The molecule has 6 nitrogen and oxygen atoms in total. The Balaban J connectivity index is 3.30. The second-order valence-corrected chi connectivity index (χ2v) is 24.9. The molecule has 0 aromatic heterocycles. The molecule has 0 bridgehead atoms. The summed E-state index contributed by atoms with van der Waals surface area (Å²) in [6.07, 6.45) is 87.2. The van der Waals surface area contributed by atoms with Gasteiger partial charge in [0.05, 0.1) is 25.4 Å². The highest BCUT2D eigenvalue weighted by Gasteiger charge is 2.18. The van der Waals surface area contributed by atoms with Gasteiger partial charge in [0.1, 0.15) is 0 Å². The van der Waals surface area contributed by atoms with Crippen LogP contribution in [0.5, 0.6) is 0 Å². The molecule has 0 rings (SSSR count). The lowest BCUT2D eigenvalue weighted by Crippen LogP contribution is -2.45. The van der Waals surface area contributed by atoms with E-state index in [1.807, 2.05) is 6.08 Å². The number of ether oxygens (including phenoxy) is 1. The Bertz CT molecular complexity index is 1230. The molecule has 3 N–H and O–H groups in total. The van der Waals surface area contributed by atoms with Gasteiger partial charge in [-0.2, -0.15) is 0 Å². The highest BCUT2D eigenvalue weighted by Crippen LogP contribution is 2.19. The molecule has 0 heterocycles. The van der Waals surface area contributed by atoms with Gasteiger partial charge in [-0.15, -0.1) is 0 Å². The maximum atomic E-state index is 12.5. The van der Waals surface area contributed by atoms with Crippen molar-refractivity contribution in [3.8, 4) is 0 Å². The Labute approximate surface area is 494 Å². The van der Waals surface area contributed by atoms with Crippen molar-refractivity contribution in [2.24, 2.45) is 0 Å². The van der Waals surface area contributed by atoms with Crippen LogP contribution in [-0.2, 0) is 14.3 Å². The zero-order valence-electron chi connectivity index (χ0n) is 53.6. The van der Waals surface area contributed by atoms with Crippen LogP contribution in [0.3, 0.4) is 0 Å². The summed E-state index contributed by atoms with van der Waals surface area (Å²) in [5.41, 5.74) is 0. The van der Waals surface area contributed by atoms with E-state index in [-0.39, 0.29) is 18.5 Å². The number of hydrogen-bond acceptors (Lipinski definition) is 5. The van der Waals surface area contributed by atoms with Crippen LogP contribution in [0.2, 0.25) is 0 Å². The fourth-order valence-electron chi connectivity index (χ4n) is 11.4. The quantitative estimate of drug-likeness (QED) is 0.0320. The van der Waals surface area contributed by atoms with Crippen LogP contribution in [-0.4, -0.2) is 47.4 Å². The first-order valence-corrected chi connectivity index (χ1v) is 36.1. The Morgan fingerprint density at radius 1 is 0.342 bits per heavy atom. The third-order valence-corrected chi connectivity index (χ3v) is 17.0. The number of unbranched alkanes of at least 4 members (excludes halogenated alkanes) is 55. The van der Waals surface area contributed by atoms with Crippen LogP contribution in [0.4, 0.5) is 0 Å². The lowest BCUT2D eigenvalue weighted by Gasteiger charge is -2.20. The summed E-state index contributed by atoms with van der Waals surface area (Å²) >= 11 is 0. The van der Waals surface area contributed by atoms with E-state index >= 15 is 0 Å². The zero-order valence-corrected chi connectivity index (χ0v) is 53.6. The van der Waals surface area contributed by atoms with Gasteiger partial charge in [0.15, 0.2) is 0 Å². The molecule has 6 heteroatoms. The molecule has 0 aromatic rings. The summed E-state index contributed by atoms with van der Waals surface area (Å²) in [7, 11) is 0. The number of rotatable bonds is 68. The first kappa shape index (κ1) is 77.3. The second kappa shape index (κ2) is 68.8. The van der Waals surface area contributed by atoms with Crippen molar-refractivity contribution < 1.29 is 24.5 Å². The van der Waals surface area contributed by atoms with Crippen LogP contribution in [0.1, 0.15) is 406 Å². The van der Waals surface area contributed by atoms with Crippen LogP contribution >= 0.6 is 0 Å². The van der Waals surface area contributed by atoms with Crippen molar-refractivity contribution in [1.29, 1.82) is 0 Å². The molecule has 79 heavy (non-hydrogen) atoms. The molecule has 0 radical (unpaired) electrons. The van der Waals surface area contributed by atoms with Crippen molar-refractivity contribution in [1.82, 2.24) is 5.32 Å². The molecule has 0 fully saturated rings. The van der Waals surface area contributed by atoms with Gasteiger partial charge >= 0.3 is 5.97 Å². The molecular weight excluding hydrogens is 971 g/mol. The average molecular weight is 1110 g/mol. The van der Waals surface area contributed by atoms with E-state index in [4.69, 9.17) is 4.74 Å². The predicted molar refractivity (Wildman–Crippen MR) is 347 cm³/mol. The molecular formula is C73H141NO5. The highest BCUT2D eigenvalue weighted by molar-refractivity contribution is 5.76. The molecule has 0 aliphatic carbocycles. The molecule has 1 amide bonds. The molecule has 0 spiro atoms. The minimum absolute atomic E-state index is 0.0124. The Morgan fingerprint density at radius 2 is 0.608 bits per heavy atom. The van der Waals surface area contributed by atoms with Crippen molar-refractivity contribution >= 4 is 11.9 Å². The van der Waals surface area contributed by atoms with E-state index in [0.717, 1.165) is 44.9 Å². The number of allylic oxidation sites excluding steroid dienone is 3. The number of esters is 1. The number of aliphatic hydroxyl groups is 2. The number of amides is 1. The standard InChI is InChI=1S/C73H141NO5/c1-3-5-7-9-11-13-15-16-42-46-49-53-57-61-65-71(76)70(69-75)74-72(77)66-62-58-54-50-47-43-40-38-36-34-32-30-28-26-24-22-20-18-17-19-21-23-25-27-29-31-33-35-37-39-41-44-48-52-56-60-64-68-79-73(78)67-63-59-55-51-45-14-12-10-8-6-4-2/h10,12,61,65,70-71,75-76H,3-9,11,13-60,62-64,66-69H2,1-2H3,(H,74,77)/b12-10-,65-61+. The molecule has 468 valence electrons. The number of hydrogen-bond donors (Lipinski definition) is 3. The van der Waals surface area contributed by atoms with Gasteiger partial charge < -0.3 is 20.3 Å². The van der Waals surface area contributed by atoms with Crippen molar-refractivity contribution in [2.75, 3.05) is 13.2 Å². The Kier molecular flexibility index (Phi) is 67.4. The van der Waals surface area contributed by atoms with Gasteiger partial charge in [0.2, 0.25) is 5.91 Å². The number of carbonyl (C=O) groups is 2. The number of aliphatic hydroxyl groups excluding tert-OH is 2. The van der Waals surface area contributed by atoms with Crippen LogP contribution in [0.15, 0.2) is 24.3 Å². The zero-order chi connectivity index (χ0) is 57.1. The number of carbonyl (C=O) groups excluding carboxylic acids is 2. The monoisotopic (exact) mass is 1110 g/mol. The minimum atomic E-state index is -0.839. The fourth-order valence-corrected chi connectivity index (χ4v) is 11.4. The molecule has 0 aliphatic heterocycles. The lowest BCUT2D eigenvalue weighted by atomic mass is 10.0. The fraction of sp³-hybridized carbons (Fsp3) is 0.918. The summed E-state index contributed by atoms with van der Waals surface area (Å²) < 4.78 is 5.47. The van der Waals surface area contributed by atoms with Crippen molar-refractivity contribution in [3.63, 3.8) is 0 Å². The van der Waals surface area contributed by atoms with E-state index in [1.165, 1.54) is 334 Å². The molecule has 2 unspecified atom stereocenters. The largest absolute Gasteiger partial charge is 0.466 e. The molecule has 0 aliphatic rings. The minimum Gasteiger partial charge on any atom is -0.466 e. The summed E-state index contributed by atoms with van der Waals surface area (Å²) in [5, 5.41) is 23.2. The maximum Gasteiger partial charge on any atom is 0.305 e. The van der Waals surface area contributed by atoms with E-state index in [1.54, 1.807) is 6.08 Å². The molecule has 2 atom stereocenters. The molecule has 0 saturated carbocycles. The average Bonchev–Trinajstić information content (AvgIpc) is 3.45. The summed E-state index contributed by atoms with van der Waals surface area (Å²) in [4.78, 5) is 24.5. The molecule has 0 saturated heterocycles. The lowest BCUT2D eigenvalue weighted by molar-refractivity contribution is -0.143. The summed E-state index contributed by atoms with van der Waals surface area (Å²) in [6.45, 7) is 4.90. The summed E-state index contributed by atoms with van der Waals surface area (Å²) in [6, 6.07) is -0.622. The van der Waals surface area contributed by atoms with Gasteiger partial charge in [-0.3, -0.25) is 9.59 Å². The van der Waals surface area contributed by atoms with E-state index in [0.29, 0.717) is 19.4 Å². The van der Waals surface area contributed by atoms with E-state index < -0.39 is 12.1 Å². The van der Waals surface area contributed by atoms with Crippen LogP contribution in [0.25, 0.3) is 0 Å². The van der Waals surface area contributed by atoms with Gasteiger partial charge in [-0.25, -0.2) is 0 Å². The normalized spacial score (nSPS) is 12.6.